The summed E-state index contributed by atoms with van der Waals surface area (Å²) < 4.78 is 4.93. The molecule has 0 unspecified atom stereocenters. The molecule has 0 radical (unpaired) electrons. The molecule has 1 aliphatic heterocycles. The number of amides is 2. The van der Waals surface area contributed by atoms with E-state index in [-0.39, 0.29) is 18.2 Å². The van der Waals surface area contributed by atoms with Crippen molar-refractivity contribution in [2.75, 3.05) is 33.9 Å². The monoisotopic (exact) mass is 229 g/mol. The minimum atomic E-state index is -0.577. The van der Waals surface area contributed by atoms with Gasteiger partial charge >= 0.3 is 0 Å². The van der Waals surface area contributed by atoms with Gasteiger partial charge in [0.25, 0.3) is 0 Å². The third-order valence-electron chi connectivity index (χ3n) is 2.36. The molecule has 0 aromatic heterocycles. The molecule has 1 saturated heterocycles. The predicted octanol–water partition coefficient (Wildman–Crippen LogP) is -1.30. The standard InChI is InChI=1S/C10H19N3O3/c1-13(2)4-3-8(14)12-9(15)5-10(11)6-16-7-10/h3-7,11H2,1-2H3,(H,12,14,15). The maximum absolute atomic E-state index is 11.4. The highest BCUT2D eigenvalue weighted by atomic mass is 16.5. The van der Waals surface area contributed by atoms with E-state index in [0.717, 1.165) is 0 Å². The highest BCUT2D eigenvalue weighted by Crippen LogP contribution is 2.17. The van der Waals surface area contributed by atoms with Crippen LogP contribution < -0.4 is 11.1 Å². The van der Waals surface area contributed by atoms with E-state index in [2.05, 4.69) is 5.32 Å². The highest BCUT2D eigenvalue weighted by molar-refractivity contribution is 5.95. The number of rotatable bonds is 5. The maximum atomic E-state index is 11.4. The third-order valence-corrected chi connectivity index (χ3v) is 2.36. The molecule has 0 aromatic carbocycles. The molecule has 6 heteroatoms. The zero-order valence-electron chi connectivity index (χ0n) is 9.78. The van der Waals surface area contributed by atoms with Crippen molar-refractivity contribution in [1.29, 1.82) is 0 Å². The van der Waals surface area contributed by atoms with E-state index in [9.17, 15) is 9.59 Å². The Balaban J connectivity index is 2.20. The van der Waals surface area contributed by atoms with Crippen molar-refractivity contribution >= 4 is 11.8 Å². The summed E-state index contributed by atoms with van der Waals surface area (Å²) in [7, 11) is 3.74. The summed E-state index contributed by atoms with van der Waals surface area (Å²) in [6.45, 7) is 1.38. The lowest BCUT2D eigenvalue weighted by molar-refractivity contribution is -0.134. The van der Waals surface area contributed by atoms with Gasteiger partial charge in [0.15, 0.2) is 0 Å². The average molecular weight is 229 g/mol. The van der Waals surface area contributed by atoms with Crippen LogP contribution in [-0.2, 0) is 14.3 Å². The molecule has 16 heavy (non-hydrogen) atoms. The van der Waals surface area contributed by atoms with Gasteiger partial charge < -0.3 is 15.4 Å². The van der Waals surface area contributed by atoms with Crippen molar-refractivity contribution in [1.82, 2.24) is 10.2 Å². The molecule has 1 heterocycles. The van der Waals surface area contributed by atoms with Crippen LogP contribution in [0.15, 0.2) is 0 Å². The van der Waals surface area contributed by atoms with Gasteiger partial charge in [0.2, 0.25) is 11.8 Å². The van der Waals surface area contributed by atoms with Crippen molar-refractivity contribution in [2.45, 2.75) is 18.4 Å². The number of hydrogen-bond donors (Lipinski definition) is 2. The average Bonchev–Trinajstić information content (AvgIpc) is 2.12. The molecule has 1 aliphatic rings. The Bertz CT molecular complexity index is 274. The van der Waals surface area contributed by atoms with Crippen LogP contribution in [0.2, 0.25) is 0 Å². The van der Waals surface area contributed by atoms with E-state index in [4.69, 9.17) is 10.5 Å². The van der Waals surface area contributed by atoms with E-state index in [1.54, 1.807) is 0 Å². The van der Waals surface area contributed by atoms with Gasteiger partial charge in [-0.15, -0.1) is 0 Å². The van der Waals surface area contributed by atoms with Gasteiger partial charge in [-0.25, -0.2) is 0 Å². The van der Waals surface area contributed by atoms with E-state index < -0.39 is 5.54 Å². The molecule has 0 aromatic rings. The molecule has 92 valence electrons. The summed E-state index contributed by atoms with van der Waals surface area (Å²) in [6.07, 6.45) is 0.452. The van der Waals surface area contributed by atoms with Crippen LogP contribution in [-0.4, -0.2) is 56.1 Å². The predicted molar refractivity (Wildman–Crippen MR) is 58.7 cm³/mol. The molecule has 3 N–H and O–H groups in total. The fourth-order valence-electron chi connectivity index (χ4n) is 1.37. The Labute approximate surface area is 95.1 Å². The Hall–Kier alpha value is -0.980. The van der Waals surface area contributed by atoms with Crippen molar-refractivity contribution in [3.8, 4) is 0 Å². The Morgan fingerprint density at radius 2 is 2.00 bits per heavy atom. The molecular formula is C10H19N3O3. The summed E-state index contributed by atoms with van der Waals surface area (Å²) in [5.74, 6) is -0.586. The van der Waals surface area contributed by atoms with Crippen LogP contribution in [0.1, 0.15) is 12.8 Å². The number of nitrogens with zero attached hydrogens (tertiary/aromatic N) is 1. The topological polar surface area (TPSA) is 84.7 Å². The van der Waals surface area contributed by atoms with Gasteiger partial charge in [-0.2, -0.15) is 0 Å². The normalized spacial score (nSPS) is 18.0. The van der Waals surface area contributed by atoms with Crippen molar-refractivity contribution < 1.29 is 14.3 Å². The Morgan fingerprint density at radius 1 is 1.38 bits per heavy atom. The minimum absolute atomic E-state index is 0.140. The van der Waals surface area contributed by atoms with E-state index >= 15 is 0 Å². The van der Waals surface area contributed by atoms with Crippen molar-refractivity contribution in [3.63, 3.8) is 0 Å². The fraction of sp³-hybridized carbons (Fsp3) is 0.800. The van der Waals surface area contributed by atoms with Gasteiger partial charge in [0, 0.05) is 19.4 Å². The van der Waals surface area contributed by atoms with Crippen LogP contribution in [0.3, 0.4) is 0 Å². The number of nitrogens with one attached hydrogen (secondary N) is 1. The molecule has 1 fully saturated rings. The quantitative estimate of drug-likeness (QED) is 0.612. The molecule has 0 aliphatic carbocycles. The van der Waals surface area contributed by atoms with E-state index in [0.29, 0.717) is 26.2 Å². The fourth-order valence-corrected chi connectivity index (χ4v) is 1.37. The molecule has 0 atom stereocenters. The summed E-state index contributed by atoms with van der Waals surface area (Å²) in [4.78, 5) is 24.6. The summed E-state index contributed by atoms with van der Waals surface area (Å²) in [6, 6.07) is 0. The molecular weight excluding hydrogens is 210 g/mol. The Morgan fingerprint density at radius 3 is 2.44 bits per heavy atom. The summed E-state index contributed by atoms with van der Waals surface area (Å²) in [5, 5.41) is 2.32. The minimum Gasteiger partial charge on any atom is -0.377 e. The molecule has 2 amide bonds. The van der Waals surface area contributed by atoms with Crippen LogP contribution in [0.4, 0.5) is 0 Å². The van der Waals surface area contributed by atoms with Crippen LogP contribution in [0.25, 0.3) is 0 Å². The second kappa shape index (κ2) is 5.38. The lowest BCUT2D eigenvalue weighted by Gasteiger charge is -2.36. The molecule has 0 saturated carbocycles. The third kappa shape index (κ3) is 4.26. The lowest BCUT2D eigenvalue weighted by atomic mass is 9.94. The smallest absolute Gasteiger partial charge is 0.228 e. The number of ether oxygens (including phenoxy) is 1. The lowest BCUT2D eigenvalue weighted by Crippen LogP contribution is -2.59. The van der Waals surface area contributed by atoms with Crippen LogP contribution in [0.5, 0.6) is 0 Å². The Kier molecular flexibility index (Phi) is 4.40. The number of carbonyl (C=O) groups is 2. The number of carbonyl (C=O) groups excluding carboxylic acids is 2. The summed E-state index contributed by atoms with van der Waals surface area (Å²) >= 11 is 0. The first-order valence-electron chi connectivity index (χ1n) is 5.25. The van der Waals surface area contributed by atoms with Crippen molar-refractivity contribution in [2.24, 2.45) is 5.73 Å². The first-order valence-corrected chi connectivity index (χ1v) is 5.25. The van der Waals surface area contributed by atoms with Crippen LogP contribution in [0, 0.1) is 0 Å². The second-order valence-electron chi connectivity index (χ2n) is 4.56. The zero-order chi connectivity index (χ0) is 12.2. The van der Waals surface area contributed by atoms with Gasteiger partial charge in [0.05, 0.1) is 18.8 Å². The van der Waals surface area contributed by atoms with Crippen molar-refractivity contribution in [3.05, 3.63) is 0 Å². The van der Waals surface area contributed by atoms with E-state index in [1.165, 1.54) is 0 Å². The van der Waals surface area contributed by atoms with Crippen LogP contribution >= 0.6 is 0 Å². The molecule has 6 nitrogen and oxygen atoms in total. The van der Waals surface area contributed by atoms with Gasteiger partial charge in [-0.1, -0.05) is 0 Å². The first-order chi connectivity index (χ1) is 7.41. The second-order valence-corrected chi connectivity index (χ2v) is 4.56. The zero-order valence-corrected chi connectivity index (χ0v) is 9.78. The van der Waals surface area contributed by atoms with Gasteiger partial charge in [-0.05, 0) is 14.1 Å². The van der Waals surface area contributed by atoms with Gasteiger partial charge in [-0.3, -0.25) is 14.9 Å². The maximum Gasteiger partial charge on any atom is 0.228 e. The first kappa shape index (κ1) is 13.1. The number of imide groups is 1. The van der Waals surface area contributed by atoms with Gasteiger partial charge in [0.1, 0.15) is 0 Å². The summed E-state index contributed by atoms with van der Waals surface area (Å²) in [5.41, 5.74) is 5.22. The largest absolute Gasteiger partial charge is 0.377 e. The molecule has 0 bridgehead atoms. The number of hydrogen-bond acceptors (Lipinski definition) is 5. The highest BCUT2D eigenvalue weighted by Gasteiger charge is 2.36. The SMILES string of the molecule is CN(C)CCC(=O)NC(=O)CC1(N)COC1. The van der Waals surface area contributed by atoms with E-state index in [1.807, 2.05) is 19.0 Å². The number of nitrogens with two attached hydrogens (primary N) is 1. The molecule has 1 rings (SSSR count). The molecule has 0 spiro atoms.